The van der Waals surface area contributed by atoms with E-state index >= 15 is 0 Å². The molecule has 16 heavy (non-hydrogen) atoms. The molecule has 1 fully saturated rings. The van der Waals surface area contributed by atoms with Crippen molar-refractivity contribution >= 4 is 5.97 Å². The normalized spacial score (nSPS) is 25.4. The Kier molecular flexibility index (Phi) is 2.98. The second-order valence-corrected chi connectivity index (χ2v) is 3.97. The van der Waals surface area contributed by atoms with Crippen molar-refractivity contribution in [1.29, 1.82) is 0 Å². The average molecular weight is 225 g/mol. The van der Waals surface area contributed by atoms with Crippen molar-refractivity contribution < 1.29 is 19.1 Å². The van der Waals surface area contributed by atoms with Crippen LogP contribution in [0.15, 0.2) is 16.5 Å². The molecular weight excluding hydrogens is 210 g/mol. The summed E-state index contributed by atoms with van der Waals surface area (Å²) in [6, 6.07) is 3.15. The third kappa shape index (κ3) is 1.96. The van der Waals surface area contributed by atoms with Crippen LogP contribution in [0.1, 0.15) is 29.2 Å². The molecule has 2 rings (SSSR count). The number of carbonyl (C=O) groups excluding carboxylic acids is 1. The molecule has 1 unspecified atom stereocenters. The molecule has 2 heterocycles. The van der Waals surface area contributed by atoms with Gasteiger partial charge in [-0.15, -0.1) is 0 Å². The average Bonchev–Trinajstić information content (AvgIpc) is 2.79. The summed E-state index contributed by atoms with van der Waals surface area (Å²) in [5.41, 5.74) is -1.01. The minimum atomic E-state index is -1.01. The van der Waals surface area contributed by atoms with Gasteiger partial charge in [0.1, 0.15) is 11.4 Å². The van der Waals surface area contributed by atoms with Crippen molar-refractivity contribution in [3.8, 4) is 0 Å². The summed E-state index contributed by atoms with van der Waals surface area (Å²) in [5.74, 6) is 0.00946. The summed E-state index contributed by atoms with van der Waals surface area (Å²) in [5, 5.41) is 13.4. The molecule has 5 heteroatoms. The lowest BCUT2D eigenvalue weighted by Crippen LogP contribution is -2.42. The van der Waals surface area contributed by atoms with Gasteiger partial charge in [0.2, 0.25) is 5.76 Å². The van der Waals surface area contributed by atoms with Gasteiger partial charge in [-0.1, -0.05) is 0 Å². The minimum Gasteiger partial charge on any atom is -0.463 e. The lowest BCUT2D eigenvalue weighted by Gasteiger charge is -2.30. The van der Waals surface area contributed by atoms with Crippen LogP contribution in [-0.2, 0) is 10.3 Å². The predicted molar refractivity (Wildman–Crippen MR) is 56.0 cm³/mol. The first-order valence-corrected chi connectivity index (χ1v) is 5.27. The third-order valence-electron chi connectivity index (χ3n) is 2.81. The highest BCUT2D eigenvalue weighted by molar-refractivity contribution is 5.86. The van der Waals surface area contributed by atoms with Gasteiger partial charge in [-0.05, 0) is 31.5 Å². The number of piperidine rings is 1. The number of aliphatic hydroxyl groups is 1. The topological polar surface area (TPSA) is 71.7 Å². The van der Waals surface area contributed by atoms with Gasteiger partial charge in [-0.2, -0.15) is 0 Å². The van der Waals surface area contributed by atoms with Crippen LogP contribution in [0, 0.1) is 0 Å². The lowest BCUT2D eigenvalue weighted by molar-refractivity contribution is -0.00868. The Morgan fingerprint density at radius 2 is 2.44 bits per heavy atom. The fourth-order valence-electron chi connectivity index (χ4n) is 1.90. The molecule has 1 saturated heterocycles. The van der Waals surface area contributed by atoms with Crippen molar-refractivity contribution in [2.24, 2.45) is 0 Å². The molecule has 0 saturated carbocycles. The van der Waals surface area contributed by atoms with Gasteiger partial charge in [0.15, 0.2) is 0 Å². The van der Waals surface area contributed by atoms with Crippen LogP contribution in [0.25, 0.3) is 0 Å². The molecule has 5 nitrogen and oxygen atoms in total. The summed E-state index contributed by atoms with van der Waals surface area (Å²) in [4.78, 5) is 11.2. The number of carbonyl (C=O) groups is 1. The monoisotopic (exact) mass is 225 g/mol. The van der Waals surface area contributed by atoms with Crippen molar-refractivity contribution in [2.75, 3.05) is 20.2 Å². The molecule has 0 radical (unpaired) electrons. The van der Waals surface area contributed by atoms with E-state index in [0.29, 0.717) is 18.7 Å². The number of ether oxygens (including phenoxy) is 1. The number of hydrogen-bond acceptors (Lipinski definition) is 5. The first-order valence-electron chi connectivity index (χ1n) is 5.27. The summed E-state index contributed by atoms with van der Waals surface area (Å²) in [7, 11) is 1.29. The van der Waals surface area contributed by atoms with Crippen LogP contribution in [0.5, 0.6) is 0 Å². The Morgan fingerprint density at radius 1 is 1.62 bits per heavy atom. The first kappa shape index (κ1) is 11.2. The second-order valence-electron chi connectivity index (χ2n) is 3.97. The zero-order valence-corrected chi connectivity index (χ0v) is 9.16. The van der Waals surface area contributed by atoms with Crippen LogP contribution in [0.4, 0.5) is 0 Å². The van der Waals surface area contributed by atoms with Gasteiger partial charge >= 0.3 is 5.97 Å². The van der Waals surface area contributed by atoms with Crippen LogP contribution >= 0.6 is 0 Å². The summed E-state index contributed by atoms with van der Waals surface area (Å²) < 4.78 is 9.85. The van der Waals surface area contributed by atoms with E-state index in [0.717, 1.165) is 13.0 Å². The Balaban J connectivity index is 2.20. The summed E-state index contributed by atoms with van der Waals surface area (Å²) >= 11 is 0. The third-order valence-corrected chi connectivity index (χ3v) is 2.81. The van der Waals surface area contributed by atoms with Gasteiger partial charge in [0.05, 0.1) is 7.11 Å². The Morgan fingerprint density at radius 3 is 3.06 bits per heavy atom. The fourth-order valence-corrected chi connectivity index (χ4v) is 1.90. The number of nitrogens with one attached hydrogen (secondary N) is 1. The van der Waals surface area contributed by atoms with Crippen molar-refractivity contribution in [2.45, 2.75) is 18.4 Å². The number of esters is 1. The van der Waals surface area contributed by atoms with E-state index in [1.165, 1.54) is 13.2 Å². The molecule has 0 amide bonds. The van der Waals surface area contributed by atoms with Crippen molar-refractivity contribution in [3.63, 3.8) is 0 Å². The highest BCUT2D eigenvalue weighted by atomic mass is 16.5. The van der Waals surface area contributed by atoms with E-state index in [1.54, 1.807) is 6.07 Å². The number of furan rings is 1. The lowest BCUT2D eigenvalue weighted by atomic mass is 9.92. The molecule has 88 valence electrons. The van der Waals surface area contributed by atoms with E-state index < -0.39 is 11.6 Å². The molecule has 2 N–H and O–H groups in total. The maximum atomic E-state index is 11.2. The molecule has 0 aliphatic carbocycles. The van der Waals surface area contributed by atoms with Crippen LogP contribution in [0.2, 0.25) is 0 Å². The van der Waals surface area contributed by atoms with E-state index in [1.807, 2.05) is 0 Å². The molecule has 1 aliphatic rings. The predicted octanol–water partition coefficient (Wildman–Crippen LogP) is 0.637. The molecular formula is C11H15NO4. The Labute approximate surface area is 93.4 Å². The van der Waals surface area contributed by atoms with Gasteiger partial charge in [-0.3, -0.25) is 0 Å². The maximum absolute atomic E-state index is 11.2. The van der Waals surface area contributed by atoms with Crippen LogP contribution < -0.4 is 5.32 Å². The molecule has 1 atom stereocenters. The zero-order valence-electron chi connectivity index (χ0n) is 9.16. The van der Waals surface area contributed by atoms with Gasteiger partial charge in [0, 0.05) is 6.54 Å². The second kappa shape index (κ2) is 4.27. The number of hydrogen-bond donors (Lipinski definition) is 2. The molecule has 1 aliphatic heterocycles. The van der Waals surface area contributed by atoms with Crippen LogP contribution in [0.3, 0.4) is 0 Å². The Hall–Kier alpha value is -1.33. The highest BCUT2D eigenvalue weighted by Gasteiger charge is 2.34. The number of β-amino-alcohol motifs (C(OH)–C–C–N with tert-alkyl or cyclic N) is 1. The highest BCUT2D eigenvalue weighted by Crippen LogP contribution is 2.29. The smallest absolute Gasteiger partial charge is 0.373 e. The Bertz CT molecular complexity index is 379. The zero-order chi connectivity index (χ0) is 11.6. The van der Waals surface area contributed by atoms with Crippen molar-refractivity contribution in [3.05, 3.63) is 23.7 Å². The maximum Gasteiger partial charge on any atom is 0.373 e. The van der Waals surface area contributed by atoms with E-state index in [4.69, 9.17) is 4.42 Å². The van der Waals surface area contributed by atoms with Crippen LogP contribution in [-0.4, -0.2) is 31.3 Å². The van der Waals surface area contributed by atoms with Gasteiger partial charge < -0.3 is 19.6 Å². The SMILES string of the molecule is COC(=O)c1ccc(C2(O)CCCNC2)o1. The van der Waals surface area contributed by atoms with Gasteiger partial charge in [-0.25, -0.2) is 4.79 Å². The molecule has 0 bridgehead atoms. The fraction of sp³-hybridized carbons (Fsp3) is 0.545. The van der Waals surface area contributed by atoms with E-state index in [-0.39, 0.29) is 5.76 Å². The number of methoxy groups -OCH3 is 1. The van der Waals surface area contributed by atoms with E-state index in [9.17, 15) is 9.90 Å². The standard InChI is InChI=1S/C11H15NO4/c1-15-10(13)8-3-4-9(16-8)11(14)5-2-6-12-7-11/h3-4,12,14H,2,5-7H2,1H3. The van der Waals surface area contributed by atoms with E-state index in [2.05, 4.69) is 10.1 Å². The quantitative estimate of drug-likeness (QED) is 0.722. The summed E-state index contributed by atoms with van der Waals surface area (Å²) in [6.07, 6.45) is 1.51. The number of rotatable bonds is 2. The largest absolute Gasteiger partial charge is 0.463 e. The minimum absolute atomic E-state index is 0.122. The van der Waals surface area contributed by atoms with Gasteiger partial charge in [0.25, 0.3) is 0 Å². The molecule has 1 aromatic rings. The molecule has 0 aromatic carbocycles. The summed E-state index contributed by atoms with van der Waals surface area (Å²) in [6.45, 7) is 1.34. The first-order chi connectivity index (χ1) is 7.65. The van der Waals surface area contributed by atoms with Crippen molar-refractivity contribution in [1.82, 2.24) is 5.32 Å². The molecule has 0 spiro atoms. The molecule has 1 aromatic heterocycles.